The number of thiazole rings is 1. The Morgan fingerprint density at radius 2 is 2.09 bits per heavy atom. The summed E-state index contributed by atoms with van der Waals surface area (Å²) in [7, 11) is 0. The number of hydrogen-bond acceptors (Lipinski definition) is 6. The van der Waals surface area contributed by atoms with Crippen molar-refractivity contribution < 1.29 is 4.79 Å². The number of rotatable bonds is 5. The summed E-state index contributed by atoms with van der Waals surface area (Å²) in [6.07, 6.45) is 0.731. The van der Waals surface area contributed by atoms with Gasteiger partial charge in [0, 0.05) is 49.4 Å². The molecule has 0 unspecified atom stereocenters. The lowest BCUT2D eigenvalue weighted by Gasteiger charge is -2.34. The predicted molar refractivity (Wildman–Crippen MR) is 95.4 cm³/mol. The molecule has 8 heteroatoms. The van der Waals surface area contributed by atoms with Gasteiger partial charge in [-0.15, -0.1) is 22.7 Å². The third-order valence-corrected chi connectivity index (χ3v) is 5.92. The first-order valence-electron chi connectivity index (χ1n) is 7.56. The van der Waals surface area contributed by atoms with Gasteiger partial charge in [-0.1, -0.05) is 11.6 Å². The zero-order chi connectivity index (χ0) is 16.2. The highest BCUT2D eigenvalue weighted by molar-refractivity contribution is 7.16. The van der Waals surface area contributed by atoms with E-state index in [0.29, 0.717) is 12.2 Å². The van der Waals surface area contributed by atoms with Crippen LogP contribution in [0.3, 0.4) is 0 Å². The van der Waals surface area contributed by atoms with Crippen LogP contribution in [0.15, 0.2) is 17.5 Å². The molecule has 0 bridgehead atoms. The maximum Gasteiger partial charge on any atom is 0.273 e. The van der Waals surface area contributed by atoms with E-state index < -0.39 is 0 Å². The molecule has 1 aliphatic heterocycles. The Hall–Kier alpha value is -0.990. The van der Waals surface area contributed by atoms with Crippen molar-refractivity contribution in [2.75, 3.05) is 32.7 Å². The van der Waals surface area contributed by atoms with E-state index in [-0.39, 0.29) is 5.91 Å². The van der Waals surface area contributed by atoms with Gasteiger partial charge in [-0.2, -0.15) is 0 Å². The second kappa shape index (κ2) is 7.72. The molecule has 0 atom stereocenters. The van der Waals surface area contributed by atoms with Crippen molar-refractivity contribution in [3.8, 4) is 0 Å². The molecule has 2 N–H and O–H groups in total. The molecule has 0 saturated carbocycles. The number of carbonyl (C=O) groups is 1. The van der Waals surface area contributed by atoms with Crippen molar-refractivity contribution in [1.82, 2.24) is 14.8 Å². The topological polar surface area (TPSA) is 62.5 Å². The van der Waals surface area contributed by atoms with Crippen LogP contribution in [0.1, 0.15) is 20.4 Å². The molecule has 0 spiro atoms. The number of amides is 1. The Labute approximate surface area is 148 Å². The lowest BCUT2D eigenvalue weighted by atomic mass is 10.2. The van der Waals surface area contributed by atoms with Crippen molar-refractivity contribution in [3.63, 3.8) is 0 Å². The molecule has 1 amide bonds. The van der Waals surface area contributed by atoms with Crippen molar-refractivity contribution in [3.05, 3.63) is 37.4 Å². The van der Waals surface area contributed by atoms with E-state index in [1.807, 2.05) is 16.3 Å². The highest BCUT2D eigenvalue weighted by atomic mass is 35.5. The summed E-state index contributed by atoms with van der Waals surface area (Å²) in [5.74, 6) is 0.0309. The van der Waals surface area contributed by atoms with Crippen LogP contribution in [-0.4, -0.2) is 53.4 Å². The van der Waals surface area contributed by atoms with E-state index in [9.17, 15) is 4.79 Å². The number of halogens is 1. The number of piperazine rings is 1. The van der Waals surface area contributed by atoms with E-state index in [2.05, 4.69) is 16.0 Å². The van der Waals surface area contributed by atoms with Gasteiger partial charge in [0.2, 0.25) is 0 Å². The highest BCUT2D eigenvalue weighted by Gasteiger charge is 2.24. The van der Waals surface area contributed by atoms with Gasteiger partial charge in [-0.25, -0.2) is 4.98 Å². The minimum absolute atomic E-state index is 0.0309. The first kappa shape index (κ1) is 16.9. The standard InChI is InChI=1S/C15H19ClN4OS2/c16-13-2-1-11(23-13)9-19-5-7-20(8-6-19)15(21)12-10-22-14(18-12)3-4-17/h1-2,10H,3-9,17H2. The Morgan fingerprint density at radius 1 is 1.30 bits per heavy atom. The summed E-state index contributed by atoms with van der Waals surface area (Å²) in [5, 5.41) is 2.77. The van der Waals surface area contributed by atoms with Crippen LogP contribution in [0.2, 0.25) is 4.34 Å². The second-order valence-corrected chi connectivity index (χ2v) is 8.18. The number of nitrogens with zero attached hydrogens (tertiary/aromatic N) is 3. The average Bonchev–Trinajstić information content (AvgIpc) is 3.17. The smallest absolute Gasteiger partial charge is 0.273 e. The third-order valence-electron chi connectivity index (χ3n) is 3.80. The van der Waals surface area contributed by atoms with Crippen molar-refractivity contribution >= 4 is 40.2 Å². The van der Waals surface area contributed by atoms with Gasteiger partial charge in [0.1, 0.15) is 5.69 Å². The van der Waals surface area contributed by atoms with Gasteiger partial charge < -0.3 is 10.6 Å². The molecule has 23 heavy (non-hydrogen) atoms. The molecule has 0 aromatic carbocycles. The molecule has 3 rings (SSSR count). The summed E-state index contributed by atoms with van der Waals surface area (Å²) in [6.45, 7) is 4.69. The van der Waals surface area contributed by atoms with E-state index in [0.717, 1.165) is 48.5 Å². The molecule has 2 aromatic heterocycles. The Kier molecular flexibility index (Phi) is 5.66. The van der Waals surface area contributed by atoms with Crippen LogP contribution in [-0.2, 0) is 13.0 Å². The quantitative estimate of drug-likeness (QED) is 0.877. The minimum atomic E-state index is 0.0309. The van der Waals surface area contributed by atoms with Crippen LogP contribution in [0.25, 0.3) is 0 Å². The second-order valence-electron chi connectivity index (χ2n) is 5.44. The minimum Gasteiger partial charge on any atom is -0.335 e. The van der Waals surface area contributed by atoms with Crippen LogP contribution in [0.5, 0.6) is 0 Å². The summed E-state index contributed by atoms with van der Waals surface area (Å²) in [4.78, 5) is 22.4. The zero-order valence-corrected chi connectivity index (χ0v) is 15.1. The lowest BCUT2D eigenvalue weighted by molar-refractivity contribution is 0.0624. The number of aromatic nitrogens is 1. The summed E-state index contributed by atoms with van der Waals surface area (Å²) in [6, 6.07) is 4.00. The summed E-state index contributed by atoms with van der Waals surface area (Å²) >= 11 is 9.10. The number of hydrogen-bond donors (Lipinski definition) is 1. The normalized spacial score (nSPS) is 16.0. The number of nitrogens with two attached hydrogens (primary N) is 1. The molecule has 0 radical (unpaired) electrons. The van der Waals surface area contributed by atoms with Gasteiger partial charge in [0.25, 0.3) is 5.91 Å². The average molecular weight is 371 g/mol. The third kappa shape index (κ3) is 4.30. The van der Waals surface area contributed by atoms with E-state index >= 15 is 0 Å². The van der Waals surface area contributed by atoms with Crippen LogP contribution in [0.4, 0.5) is 0 Å². The summed E-state index contributed by atoms with van der Waals surface area (Å²) in [5.41, 5.74) is 6.08. The predicted octanol–water partition coefficient (Wildman–Crippen LogP) is 2.32. The SMILES string of the molecule is NCCc1nc(C(=O)N2CCN(Cc3ccc(Cl)s3)CC2)cs1. The molecule has 5 nitrogen and oxygen atoms in total. The first-order valence-corrected chi connectivity index (χ1v) is 9.63. The van der Waals surface area contributed by atoms with Gasteiger partial charge in [0.05, 0.1) is 9.34 Å². The fraction of sp³-hybridized carbons (Fsp3) is 0.467. The first-order chi connectivity index (χ1) is 11.2. The lowest BCUT2D eigenvalue weighted by Crippen LogP contribution is -2.48. The fourth-order valence-corrected chi connectivity index (χ4v) is 4.49. The monoisotopic (exact) mass is 370 g/mol. The Bertz CT molecular complexity index is 664. The molecule has 2 aromatic rings. The summed E-state index contributed by atoms with van der Waals surface area (Å²) < 4.78 is 0.825. The Morgan fingerprint density at radius 3 is 2.74 bits per heavy atom. The van der Waals surface area contributed by atoms with Gasteiger partial charge in [0.15, 0.2) is 0 Å². The fourth-order valence-electron chi connectivity index (χ4n) is 2.58. The van der Waals surface area contributed by atoms with E-state index in [4.69, 9.17) is 17.3 Å². The molecule has 1 fully saturated rings. The van der Waals surface area contributed by atoms with E-state index in [1.54, 1.807) is 11.3 Å². The zero-order valence-electron chi connectivity index (χ0n) is 12.7. The van der Waals surface area contributed by atoms with Gasteiger partial charge in [-0.05, 0) is 18.7 Å². The molecule has 1 aliphatic rings. The number of carbonyl (C=O) groups excluding carboxylic acids is 1. The van der Waals surface area contributed by atoms with Crippen LogP contribution >= 0.6 is 34.3 Å². The molecular weight excluding hydrogens is 352 g/mol. The Balaban J connectivity index is 1.52. The molecule has 3 heterocycles. The van der Waals surface area contributed by atoms with Gasteiger partial charge >= 0.3 is 0 Å². The maximum absolute atomic E-state index is 12.5. The maximum atomic E-state index is 12.5. The van der Waals surface area contributed by atoms with Crippen molar-refractivity contribution in [2.24, 2.45) is 5.73 Å². The van der Waals surface area contributed by atoms with E-state index in [1.165, 1.54) is 16.2 Å². The molecule has 124 valence electrons. The highest BCUT2D eigenvalue weighted by Crippen LogP contribution is 2.23. The van der Waals surface area contributed by atoms with Gasteiger partial charge in [-0.3, -0.25) is 9.69 Å². The van der Waals surface area contributed by atoms with Crippen LogP contribution in [0, 0.1) is 0 Å². The molecule has 0 aliphatic carbocycles. The number of thiophene rings is 1. The van der Waals surface area contributed by atoms with Crippen molar-refractivity contribution in [1.29, 1.82) is 0 Å². The van der Waals surface area contributed by atoms with Crippen LogP contribution < -0.4 is 5.73 Å². The molecule has 1 saturated heterocycles. The largest absolute Gasteiger partial charge is 0.335 e. The van der Waals surface area contributed by atoms with Crippen molar-refractivity contribution in [2.45, 2.75) is 13.0 Å². The molecular formula is C15H19ClN4OS2.